The van der Waals surface area contributed by atoms with E-state index in [0.29, 0.717) is 0 Å². The number of hydrogen-bond donors (Lipinski definition) is 1. The van der Waals surface area contributed by atoms with E-state index in [4.69, 9.17) is 0 Å². The number of carbonyl (C=O) groups is 1. The predicted molar refractivity (Wildman–Crippen MR) is 62.8 cm³/mol. The largest absolute Gasteiger partial charge is 1.00 e. The minimum absolute atomic E-state index is 0. The fourth-order valence-corrected chi connectivity index (χ4v) is 1.44. The molecule has 0 saturated heterocycles. The maximum Gasteiger partial charge on any atom is 1.00 e. The van der Waals surface area contributed by atoms with Crippen molar-refractivity contribution in [2.45, 2.75) is 26.8 Å². The summed E-state index contributed by atoms with van der Waals surface area (Å²) in [6.07, 6.45) is 2.42. The van der Waals surface area contributed by atoms with Crippen LogP contribution < -0.4 is 61.8 Å². The van der Waals surface area contributed by atoms with Crippen LogP contribution in [-0.4, -0.2) is 21.9 Å². The molecule has 1 rings (SSSR count). The monoisotopic (exact) mass is 291 g/mol. The summed E-state index contributed by atoms with van der Waals surface area (Å²) < 4.78 is 0. The van der Waals surface area contributed by atoms with Crippen molar-refractivity contribution in [2.24, 2.45) is 5.41 Å². The number of rotatable bonds is 4. The van der Waals surface area contributed by atoms with Gasteiger partial charge in [-0.1, -0.05) is 20.8 Å². The number of pyridine rings is 1. The molecule has 0 aliphatic rings. The van der Waals surface area contributed by atoms with Gasteiger partial charge in [-0.05, 0) is 11.5 Å². The zero-order chi connectivity index (χ0) is 13.9. The molecule has 1 aromatic heterocycles. The third-order valence-electron chi connectivity index (χ3n) is 2.40. The summed E-state index contributed by atoms with van der Waals surface area (Å²) in [5.41, 5.74) is -0.803. The summed E-state index contributed by atoms with van der Waals surface area (Å²) in [6.45, 7) is 5.11. The standard InChI is InChI=1S/C11H15N3O4.K/c1-11(2,3)9(10(15)16)13-7-4-5-12-6-8(7)14(17)18;/h4-6,9H,1-3H3,(H,12,13)(H,15,16);/q;+1/p-1. The second-order valence-electron chi connectivity index (χ2n) is 4.91. The molecule has 0 amide bonds. The Kier molecular flexibility index (Phi) is 7.09. The van der Waals surface area contributed by atoms with E-state index in [1.165, 1.54) is 12.3 Å². The number of nitrogens with zero attached hydrogens (tertiary/aromatic N) is 2. The van der Waals surface area contributed by atoms with Gasteiger partial charge in [0.1, 0.15) is 11.9 Å². The van der Waals surface area contributed by atoms with E-state index in [9.17, 15) is 20.0 Å². The first kappa shape index (κ1) is 18.5. The predicted octanol–water partition coefficient (Wildman–Crippen LogP) is -2.43. The number of aliphatic carboxylic acids is 1. The van der Waals surface area contributed by atoms with Crippen LogP contribution in [0.25, 0.3) is 0 Å². The Labute approximate surface area is 153 Å². The van der Waals surface area contributed by atoms with Crippen molar-refractivity contribution < 1.29 is 66.2 Å². The molecule has 0 aliphatic carbocycles. The van der Waals surface area contributed by atoms with Gasteiger partial charge < -0.3 is 15.2 Å². The molecule has 1 heterocycles. The molecule has 0 saturated carbocycles. The summed E-state index contributed by atoms with van der Waals surface area (Å²) in [7, 11) is 0. The smallest absolute Gasteiger partial charge is 0.548 e. The van der Waals surface area contributed by atoms with Gasteiger partial charge >= 0.3 is 57.1 Å². The van der Waals surface area contributed by atoms with Crippen molar-refractivity contribution in [1.29, 1.82) is 0 Å². The number of nitro groups is 1. The molecule has 19 heavy (non-hydrogen) atoms. The summed E-state index contributed by atoms with van der Waals surface area (Å²) in [6, 6.07) is 0.318. The zero-order valence-corrected chi connectivity index (χ0v) is 14.5. The first-order valence-electron chi connectivity index (χ1n) is 5.29. The van der Waals surface area contributed by atoms with E-state index in [1.54, 1.807) is 20.8 Å². The fraction of sp³-hybridized carbons (Fsp3) is 0.455. The Bertz CT molecular complexity index is 473. The first-order chi connectivity index (χ1) is 8.23. The van der Waals surface area contributed by atoms with Gasteiger partial charge in [-0.3, -0.25) is 15.1 Å². The molecule has 1 aromatic rings. The fourth-order valence-electron chi connectivity index (χ4n) is 1.44. The Hall–Kier alpha value is -0.544. The number of carboxylic acids is 1. The Morgan fingerprint density at radius 1 is 1.47 bits per heavy atom. The maximum atomic E-state index is 11.1. The average Bonchev–Trinajstić information content (AvgIpc) is 2.24. The third-order valence-corrected chi connectivity index (χ3v) is 2.40. The number of hydrogen-bond acceptors (Lipinski definition) is 6. The molecule has 0 radical (unpaired) electrons. The van der Waals surface area contributed by atoms with E-state index in [-0.39, 0.29) is 62.8 Å². The van der Waals surface area contributed by atoms with Crippen molar-refractivity contribution in [1.82, 2.24) is 4.98 Å². The van der Waals surface area contributed by atoms with E-state index in [1.807, 2.05) is 0 Å². The van der Waals surface area contributed by atoms with Gasteiger partial charge in [0.25, 0.3) is 0 Å². The quantitative estimate of drug-likeness (QED) is 0.375. The van der Waals surface area contributed by atoms with Crippen LogP contribution in [0.15, 0.2) is 18.5 Å². The second kappa shape index (κ2) is 7.30. The molecule has 7 nitrogen and oxygen atoms in total. The SMILES string of the molecule is CC(C)(C)C(Nc1ccncc1[N+](=O)[O-])C(=O)[O-].[K+]. The van der Waals surface area contributed by atoms with Crippen LogP contribution in [0, 0.1) is 15.5 Å². The molecule has 1 N–H and O–H groups in total. The van der Waals surface area contributed by atoms with Gasteiger partial charge in [0, 0.05) is 6.20 Å². The van der Waals surface area contributed by atoms with Crippen LogP contribution in [0.3, 0.4) is 0 Å². The Morgan fingerprint density at radius 2 is 2.05 bits per heavy atom. The molecule has 0 aliphatic heterocycles. The van der Waals surface area contributed by atoms with Crippen molar-refractivity contribution >= 4 is 17.3 Å². The number of nitrogens with one attached hydrogen (secondary N) is 1. The molecular weight excluding hydrogens is 277 g/mol. The topological polar surface area (TPSA) is 108 Å². The average molecular weight is 291 g/mol. The molecule has 8 heteroatoms. The van der Waals surface area contributed by atoms with Gasteiger partial charge in [0.05, 0.1) is 16.9 Å². The summed E-state index contributed by atoms with van der Waals surface area (Å²) in [5.74, 6) is -1.31. The minimum Gasteiger partial charge on any atom is -0.548 e. The maximum absolute atomic E-state index is 11.1. The van der Waals surface area contributed by atoms with Crippen molar-refractivity contribution in [3.8, 4) is 0 Å². The molecular formula is C11H14KN3O4. The van der Waals surface area contributed by atoms with Gasteiger partial charge in [-0.2, -0.15) is 0 Å². The van der Waals surface area contributed by atoms with E-state index >= 15 is 0 Å². The molecule has 1 atom stereocenters. The number of aromatic nitrogens is 1. The first-order valence-corrected chi connectivity index (χ1v) is 5.29. The van der Waals surface area contributed by atoms with Crippen LogP contribution in [0.4, 0.5) is 11.4 Å². The van der Waals surface area contributed by atoms with Crippen LogP contribution >= 0.6 is 0 Å². The minimum atomic E-state index is -1.31. The van der Waals surface area contributed by atoms with Crippen LogP contribution in [0.2, 0.25) is 0 Å². The second-order valence-corrected chi connectivity index (χ2v) is 4.91. The molecule has 98 valence electrons. The Balaban J connectivity index is 0.00000324. The molecule has 1 unspecified atom stereocenters. The summed E-state index contributed by atoms with van der Waals surface area (Å²) in [5, 5.41) is 24.5. The van der Waals surface area contributed by atoms with Gasteiger partial charge in [-0.25, -0.2) is 0 Å². The number of anilines is 1. The molecule has 0 bridgehead atoms. The van der Waals surface area contributed by atoms with Crippen molar-refractivity contribution in [3.63, 3.8) is 0 Å². The summed E-state index contributed by atoms with van der Waals surface area (Å²) in [4.78, 5) is 24.9. The van der Waals surface area contributed by atoms with E-state index < -0.39 is 22.3 Å². The van der Waals surface area contributed by atoms with Crippen LogP contribution in [0.5, 0.6) is 0 Å². The third kappa shape index (κ3) is 5.15. The van der Waals surface area contributed by atoms with Gasteiger partial charge in [-0.15, -0.1) is 0 Å². The van der Waals surface area contributed by atoms with Gasteiger partial charge in [0.2, 0.25) is 0 Å². The van der Waals surface area contributed by atoms with E-state index in [2.05, 4.69) is 10.3 Å². The normalized spacial score (nSPS) is 12.2. The van der Waals surface area contributed by atoms with Crippen LogP contribution in [0.1, 0.15) is 20.8 Å². The Morgan fingerprint density at radius 3 is 2.47 bits per heavy atom. The van der Waals surface area contributed by atoms with Crippen molar-refractivity contribution in [3.05, 3.63) is 28.6 Å². The molecule has 0 spiro atoms. The van der Waals surface area contributed by atoms with E-state index in [0.717, 1.165) is 6.20 Å². The van der Waals surface area contributed by atoms with Crippen molar-refractivity contribution in [2.75, 3.05) is 5.32 Å². The molecule has 0 aromatic carbocycles. The number of carbonyl (C=O) groups excluding carboxylic acids is 1. The molecule has 0 fully saturated rings. The number of carboxylic acid groups (broad SMARTS) is 1. The summed E-state index contributed by atoms with van der Waals surface area (Å²) >= 11 is 0. The van der Waals surface area contributed by atoms with Gasteiger partial charge in [0.15, 0.2) is 0 Å². The zero-order valence-electron chi connectivity index (χ0n) is 11.3. The van der Waals surface area contributed by atoms with Crippen LogP contribution in [-0.2, 0) is 4.79 Å².